The van der Waals surface area contributed by atoms with Gasteiger partial charge in [-0.1, -0.05) is 54.6 Å². The minimum atomic E-state index is -3.85. The SMILES string of the molecule is CSCCC(NC(=O)c1ccc(CN(c2ccccc2)S(=O)(=O)c2cccs2)cc1-c1ccccc1C)C(=O)O. The molecule has 2 N–H and O–H groups in total. The summed E-state index contributed by atoms with van der Waals surface area (Å²) in [5, 5.41) is 14.0. The Labute approximate surface area is 242 Å². The van der Waals surface area contributed by atoms with Crippen LogP contribution in [-0.2, 0) is 21.4 Å². The third kappa shape index (κ3) is 6.75. The van der Waals surface area contributed by atoms with Gasteiger partial charge in [-0.2, -0.15) is 11.8 Å². The van der Waals surface area contributed by atoms with Gasteiger partial charge in [-0.05, 0) is 83.3 Å². The number of aliphatic carboxylic acids is 1. The Morgan fingerprint density at radius 3 is 2.35 bits per heavy atom. The summed E-state index contributed by atoms with van der Waals surface area (Å²) in [6.07, 6.45) is 2.18. The van der Waals surface area contributed by atoms with Crippen LogP contribution in [0.5, 0.6) is 0 Å². The topological polar surface area (TPSA) is 104 Å². The van der Waals surface area contributed by atoms with Crippen molar-refractivity contribution in [2.75, 3.05) is 16.3 Å². The molecule has 1 atom stereocenters. The molecule has 0 aliphatic heterocycles. The van der Waals surface area contributed by atoms with Crippen molar-refractivity contribution >= 4 is 50.7 Å². The van der Waals surface area contributed by atoms with Crippen molar-refractivity contribution in [1.29, 1.82) is 0 Å². The van der Waals surface area contributed by atoms with Crippen LogP contribution in [0.2, 0.25) is 0 Å². The van der Waals surface area contributed by atoms with Gasteiger partial charge in [0, 0.05) is 5.56 Å². The number of thioether (sulfide) groups is 1. The summed E-state index contributed by atoms with van der Waals surface area (Å²) < 4.78 is 28.9. The van der Waals surface area contributed by atoms with Crippen molar-refractivity contribution < 1.29 is 23.1 Å². The van der Waals surface area contributed by atoms with Gasteiger partial charge in [0.2, 0.25) is 0 Å². The van der Waals surface area contributed by atoms with Crippen molar-refractivity contribution in [2.24, 2.45) is 0 Å². The fourth-order valence-electron chi connectivity index (χ4n) is 4.31. The number of thiophene rings is 1. The van der Waals surface area contributed by atoms with Crippen LogP contribution in [0.15, 0.2) is 94.5 Å². The van der Waals surface area contributed by atoms with E-state index in [2.05, 4.69) is 5.32 Å². The Morgan fingerprint density at radius 1 is 0.975 bits per heavy atom. The van der Waals surface area contributed by atoms with Crippen molar-refractivity contribution in [3.63, 3.8) is 0 Å². The van der Waals surface area contributed by atoms with Crippen LogP contribution in [0.25, 0.3) is 11.1 Å². The molecule has 4 aromatic rings. The third-order valence-corrected chi connectivity index (χ3v) is 10.2. The van der Waals surface area contributed by atoms with Gasteiger partial charge in [0.1, 0.15) is 10.3 Å². The molecule has 1 unspecified atom stereocenters. The number of para-hydroxylation sites is 1. The van der Waals surface area contributed by atoms with Crippen LogP contribution in [0.3, 0.4) is 0 Å². The number of anilines is 1. The van der Waals surface area contributed by atoms with E-state index in [4.69, 9.17) is 0 Å². The third-order valence-electron chi connectivity index (χ3n) is 6.39. The highest BCUT2D eigenvalue weighted by atomic mass is 32.2. The second kappa shape index (κ2) is 13.2. The van der Waals surface area contributed by atoms with Crippen LogP contribution < -0.4 is 9.62 Å². The molecule has 0 spiro atoms. The summed E-state index contributed by atoms with van der Waals surface area (Å²) in [5.74, 6) is -0.993. The molecule has 40 heavy (non-hydrogen) atoms. The highest BCUT2D eigenvalue weighted by Crippen LogP contribution is 2.32. The number of sulfonamides is 1. The Morgan fingerprint density at radius 2 is 1.70 bits per heavy atom. The number of amides is 1. The molecule has 0 aliphatic rings. The first-order valence-corrected chi connectivity index (χ1v) is 16.3. The Bertz CT molecular complexity index is 1570. The van der Waals surface area contributed by atoms with E-state index in [-0.39, 0.29) is 10.8 Å². The number of benzene rings is 3. The average molecular weight is 595 g/mol. The van der Waals surface area contributed by atoms with E-state index in [1.54, 1.807) is 53.9 Å². The fourth-order valence-corrected chi connectivity index (χ4v) is 7.34. The second-order valence-corrected chi connectivity index (χ2v) is 13.1. The lowest BCUT2D eigenvalue weighted by Crippen LogP contribution is -2.41. The Kier molecular flexibility index (Phi) is 9.67. The molecule has 7 nitrogen and oxygen atoms in total. The summed E-state index contributed by atoms with van der Waals surface area (Å²) in [4.78, 5) is 25.2. The maximum absolute atomic E-state index is 13.7. The van der Waals surface area contributed by atoms with E-state index < -0.39 is 27.9 Å². The number of carboxylic acid groups (broad SMARTS) is 1. The smallest absolute Gasteiger partial charge is 0.326 e. The molecule has 0 aliphatic carbocycles. The molecule has 0 fully saturated rings. The number of rotatable bonds is 12. The number of carbonyl (C=O) groups excluding carboxylic acids is 1. The Hall–Kier alpha value is -3.60. The molecule has 208 valence electrons. The lowest BCUT2D eigenvalue weighted by molar-refractivity contribution is -0.139. The first kappa shape index (κ1) is 29.4. The summed E-state index contributed by atoms with van der Waals surface area (Å²) in [6.45, 7) is 1.97. The molecule has 0 radical (unpaired) electrons. The predicted molar refractivity (Wildman–Crippen MR) is 163 cm³/mol. The number of aryl methyl sites for hydroxylation is 1. The summed E-state index contributed by atoms with van der Waals surface area (Å²) in [5.41, 5.74) is 3.85. The molecular formula is C30H30N2O5S3. The fraction of sp³-hybridized carbons (Fsp3) is 0.200. The average Bonchev–Trinajstić information content (AvgIpc) is 3.50. The van der Waals surface area contributed by atoms with Gasteiger partial charge in [-0.15, -0.1) is 11.3 Å². The first-order chi connectivity index (χ1) is 19.2. The zero-order valence-corrected chi connectivity index (χ0v) is 24.6. The summed E-state index contributed by atoms with van der Waals surface area (Å²) in [7, 11) is -3.85. The molecule has 0 saturated carbocycles. The van der Waals surface area contributed by atoms with Crippen molar-refractivity contribution in [3.05, 3.63) is 107 Å². The van der Waals surface area contributed by atoms with Crippen molar-refractivity contribution in [1.82, 2.24) is 5.32 Å². The van der Waals surface area contributed by atoms with E-state index in [0.29, 0.717) is 34.6 Å². The number of hydrogen-bond donors (Lipinski definition) is 2. The number of carbonyl (C=O) groups is 2. The number of nitrogens with zero attached hydrogens (tertiary/aromatic N) is 1. The van der Waals surface area contributed by atoms with Crippen LogP contribution in [0.4, 0.5) is 5.69 Å². The number of hydrogen-bond acceptors (Lipinski definition) is 6. The van der Waals surface area contributed by atoms with E-state index >= 15 is 0 Å². The molecule has 1 aromatic heterocycles. The van der Waals surface area contributed by atoms with E-state index in [9.17, 15) is 23.1 Å². The predicted octanol–water partition coefficient (Wildman–Crippen LogP) is 6.06. The Balaban J connectivity index is 1.77. The number of nitrogens with one attached hydrogen (secondary N) is 1. The van der Waals surface area contributed by atoms with Gasteiger partial charge < -0.3 is 10.4 Å². The molecule has 0 bridgehead atoms. The van der Waals surface area contributed by atoms with Crippen LogP contribution in [0.1, 0.15) is 27.9 Å². The number of carboxylic acids is 1. The highest BCUT2D eigenvalue weighted by Gasteiger charge is 2.27. The maximum atomic E-state index is 13.7. The normalized spacial score (nSPS) is 12.1. The molecule has 4 rings (SSSR count). The molecule has 1 amide bonds. The summed E-state index contributed by atoms with van der Waals surface area (Å²) >= 11 is 2.66. The molecule has 1 heterocycles. The molecular weight excluding hydrogens is 565 g/mol. The molecule has 10 heteroatoms. The van der Waals surface area contributed by atoms with Gasteiger partial charge >= 0.3 is 5.97 Å². The zero-order chi connectivity index (χ0) is 28.7. The quantitative estimate of drug-likeness (QED) is 0.207. The van der Waals surface area contributed by atoms with Crippen LogP contribution in [-0.4, -0.2) is 43.5 Å². The second-order valence-electron chi connectivity index (χ2n) is 9.12. The monoisotopic (exact) mass is 594 g/mol. The minimum Gasteiger partial charge on any atom is -0.480 e. The van der Waals surface area contributed by atoms with Crippen LogP contribution >= 0.6 is 23.1 Å². The van der Waals surface area contributed by atoms with E-state index in [1.807, 2.05) is 49.6 Å². The largest absolute Gasteiger partial charge is 0.480 e. The van der Waals surface area contributed by atoms with Gasteiger partial charge in [0.15, 0.2) is 0 Å². The van der Waals surface area contributed by atoms with Gasteiger partial charge in [0.25, 0.3) is 15.9 Å². The van der Waals surface area contributed by atoms with Crippen molar-refractivity contribution in [3.8, 4) is 11.1 Å². The highest BCUT2D eigenvalue weighted by molar-refractivity contribution is 7.98. The van der Waals surface area contributed by atoms with E-state index in [1.165, 1.54) is 16.1 Å². The van der Waals surface area contributed by atoms with Crippen molar-refractivity contribution in [2.45, 2.75) is 30.1 Å². The van der Waals surface area contributed by atoms with E-state index in [0.717, 1.165) is 22.5 Å². The first-order valence-electron chi connectivity index (χ1n) is 12.5. The maximum Gasteiger partial charge on any atom is 0.326 e. The standard InChI is InChI=1S/C30H30N2O5S3/c1-21-9-6-7-12-24(21)26-19-22(14-15-25(26)29(33)31-27(30(34)35)16-18-38-2)20-32(23-10-4-3-5-11-23)40(36,37)28-13-8-17-39-28/h3-15,17,19,27H,16,18,20H2,1-2H3,(H,31,33)(H,34,35). The van der Waals surface area contributed by atoms with Gasteiger partial charge in [-0.3, -0.25) is 9.10 Å². The molecule has 3 aromatic carbocycles. The van der Waals surface area contributed by atoms with Gasteiger partial charge in [-0.25, -0.2) is 13.2 Å². The van der Waals surface area contributed by atoms with Gasteiger partial charge in [0.05, 0.1) is 12.2 Å². The summed E-state index contributed by atoms with van der Waals surface area (Å²) in [6, 6.07) is 23.9. The lowest BCUT2D eigenvalue weighted by Gasteiger charge is -2.25. The molecule has 0 saturated heterocycles. The minimum absolute atomic E-state index is 0.0382. The van der Waals surface area contributed by atoms with Crippen LogP contribution in [0, 0.1) is 6.92 Å². The lowest BCUT2D eigenvalue weighted by atomic mass is 9.93. The zero-order valence-electron chi connectivity index (χ0n) is 22.1.